The summed E-state index contributed by atoms with van der Waals surface area (Å²) in [5, 5.41) is 24.3. The molecule has 0 spiro atoms. The van der Waals surface area contributed by atoms with Gasteiger partial charge in [0.1, 0.15) is 49.9 Å². The number of imidazole rings is 1. The van der Waals surface area contributed by atoms with Gasteiger partial charge >= 0.3 is 7.82 Å². The average Bonchev–Trinajstić information content (AvgIpc) is 1.65. The summed E-state index contributed by atoms with van der Waals surface area (Å²) in [5.41, 5.74) is 13.0. The van der Waals surface area contributed by atoms with E-state index in [1.165, 1.54) is 26.0 Å². The van der Waals surface area contributed by atoms with Crippen LogP contribution in [0.15, 0.2) is 67.3 Å². The summed E-state index contributed by atoms with van der Waals surface area (Å²) in [6, 6.07) is 9.96. The summed E-state index contributed by atoms with van der Waals surface area (Å²) >= 11 is 0. The molecule has 0 bridgehead atoms. The summed E-state index contributed by atoms with van der Waals surface area (Å²) in [5.74, 6) is -6.69. The molecule has 42 heteroatoms. The first kappa shape index (κ1) is 114. The Kier molecular flexibility index (Phi) is 53.0. The molecule has 1 saturated carbocycles. The molecule has 2 unspecified atom stereocenters. The number of fused-ring (bicyclic) bond motifs is 1. The summed E-state index contributed by atoms with van der Waals surface area (Å²) in [6.07, 6.45) is 13.0. The molecule has 2 aliphatic heterocycles. The van der Waals surface area contributed by atoms with E-state index < -0.39 is 92.4 Å². The van der Waals surface area contributed by atoms with Crippen LogP contribution in [0.2, 0.25) is 0 Å². The van der Waals surface area contributed by atoms with E-state index in [1.807, 2.05) is 55.7 Å². The van der Waals surface area contributed by atoms with Crippen molar-refractivity contribution < 1.29 is 129 Å². The van der Waals surface area contributed by atoms with Gasteiger partial charge in [0, 0.05) is 129 Å². The molecular weight excluding hydrogens is 1780 g/mol. The van der Waals surface area contributed by atoms with Crippen LogP contribution in [-0.2, 0) is 124 Å². The van der Waals surface area contributed by atoms with Gasteiger partial charge in [-0.15, -0.1) is 0 Å². The largest absolute Gasteiger partial charge is 0.495 e. The van der Waals surface area contributed by atoms with E-state index in [1.54, 1.807) is 48.9 Å². The third kappa shape index (κ3) is 41.9. The fourth-order valence-electron chi connectivity index (χ4n) is 15.9. The number of aromatic nitrogens is 4. The van der Waals surface area contributed by atoms with Crippen LogP contribution in [0, 0.1) is 17.8 Å². The molecule has 1 aliphatic carbocycles. The Morgan fingerprint density at radius 3 is 1.79 bits per heavy atom. The minimum atomic E-state index is -5.15. The first-order valence-corrected chi connectivity index (χ1v) is 48.2. The highest BCUT2D eigenvalue weighted by Crippen LogP contribution is 2.42. The van der Waals surface area contributed by atoms with Crippen molar-refractivity contribution in [1.29, 1.82) is 0 Å². The number of likely N-dealkylation sites (N-methyl/N-ethyl adjacent to an activating group) is 1. The van der Waals surface area contributed by atoms with E-state index in [0.29, 0.717) is 137 Å². The lowest BCUT2D eigenvalue weighted by molar-refractivity contribution is -0.142. The van der Waals surface area contributed by atoms with Gasteiger partial charge in [-0.1, -0.05) is 63.9 Å². The number of aliphatic hydroxyl groups excluding tert-OH is 1. The maximum Gasteiger partial charge on any atom is 0.469 e. The molecule has 12 N–H and O–H groups in total. The Morgan fingerprint density at radius 2 is 1.23 bits per heavy atom. The number of anilines is 4. The standard InChI is InChI=1S/C92H138N13O27P.CH5N/c1-8-77-91(119)102(6)79-54-95-92(101-87(79)105(77)70-23-12-13-24-70)99-75-32-31-66(52-83(75)123-7)88(116)94-34-15-14-28-74(97-64(5)107)80(111)30-20-40-127-43-47-130-59-72(109)26-18-38-125-41-45-128-57-71(108)25-17-37-124-42-46-129-58-73(110)27-19-39-126-44-48-131-60-84(114)104-35-16-29-78(104)82(113)50-67(49-62(2)3)89(117)98-76(53-69-55-103(61-96-69)36-33-65-21-10-9-11-22-65)81(112)51-68(56-106)90(118)100-85(86(93)115)63(4)132-133(120,121)122;1-2/h9-11,21-22,31-32,52,54-55,61-63,67-68,70,74,76-78,85,106H,8,12-20,23-30,33-51,53,56-60H2,1-7H3,(H2,93,115)(H,94,116)(H,97,107)(H,98,117)(H,100,118)(H,95,99,101)(H2,120,121,122);2H2,1H3/t63-,67+,68-,74?,76-,77+,78-,85?;/m0./s1. The second-order valence-electron chi connectivity index (χ2n) is 33.9. The molecule has 4 aromatic rings. The van der Waals surface area contributed by atoms with E-state index in [-0.39, 0.29) is 209 Å². The molecular formula is C93H143N14O27P. The lowest BCUT2D eigenvalue weighted by Crippen LogP contribution is -2.55. The van der Waals surface area contributed by atoms with Crippen LogP contribution in [0.25, 0.3) is 0 Å². The second kappa shape index (κ2) is 62.8. The van der Waals surface area contributed by atoms with Gasteiger partial charge in [0.2, 0.25) is 41.4 Å². The highest BCUT2D eigenvalue weighted by Gasteiger charge is 2.43. The van der Waals surface area contributed by atoms with Crippen molar-refractivity contribution in [1.82, 2.24) is 45.7 Å². The van der Waals surface area contributed by atoms with Gasteiger partial charge in [0.05, 0.1) is 121 Å². The zero-order valence-electron chi connectivity index (χ0n) is 79.4. The number of hydrogen-bond donors (Lipinski definition) is 10. The van der Waals surface area contributed by atoms with E-state index in [0.717, 1.165) is 38.2 Å². The van der Waals surface area contributed by atoms with Crippen LogP contribution >= 0.6 is 7.82 Å². The minimum absolute atomic E-state index is 0.0285. The Labute approximate surface area is 790 Å². The van der Waals surface area contributed by atoms with Gasteiger partial charge in [0.25, 0.3) is 5.91 Å². The number of amides is 7. The molecule has 2 fully saturated rings. The summed E-state index contributed by atoms with van der Waals surface area (Å²) in [6.45, 7) is 10.4. The number of Topliss-reactive ketones (excluding diaryl/α,β-unsaturated/α-hetero) is 6. The van der Waals surface area contributed by atoms with Crippen molar-refractivity contribution in [3.8, 4) is 5.75 Å². The number of benzene rings is 2. The number of nitrogens with two attached hydrogens (primary N) is 2. The smallest absolute Gasteiger partial charge is 0.469 e. The SMILES string of the molecule is CC[C@@H]1C(=O)N(C)c2cnc(Nc3ccc(C(=O)NCCCCC(NC(C)=O)C(=O)CCCOCCOCC(=O)CCCOCCOCC(=O)CCCOCCOCC(=O)CCCOCCOCC(=O)N4CCC[C@H]4C(=O)C[C@@H](CC(C)C)C(=O)N[C@@H](Cc4cn(CCc5ccccc5)cn4)C(=O)C[C@@H](CO)C(=O)NC(C(N)=O)[C@H](C)OP(=O)(O)O)cc3OC)nc2N1C1CCCC1.CN. The van der Waals surface area contributed by atoms with E-state index >= 15 is 0 Å². The number of ether oxygens (including phenoxy) is 9. The number of phosphoric acid groups is 1. The number of primary amides is 1. The van der Waals surface area contributed by atoms with Crippen LogP contribution in [0.4, 0.5) is 23.1 Å². The van der Waals surface area contributed by atoms with Crippen LogP contribution in [-0.4, -0.2) is 304 Å². The number of phosphoric ester groups is 1. The number of hydrogen-bond acceptors (Lipinski definition) is 31. The third-order valence-corrected chi connectivity index (χ3v) is 23.4. The van der Waals surface area contributed by atoms with Crippen molar-refractivity contribution in [3.63, 3.8) is 0 Å². The number of nitrogens with one attached hydrogen (secondary N) is 5. The first-order valence-electron chi connectivity index (χ1n) is 46.7. The highest BCUT2D eigenvalue weighted by molar-refractivity contribution is 7.46. The molecule has 2 aromatic heterocycles. The predicted molar refractivity (Wildman–Crippen MR) is 497 cm³/mol. The maximum atomic E-state index is 14.4. The number of carbonyl (C=O) groups excluding carboxylic acids is 13. The number of rotatable bonds is 71. The van der Waals surface area contributed by atoms with Gasteiger partial charge in [-0.2, -0.15) is 4.98 Å². The highest BCUT2D eigenvalue weighted by atomic mass is 31.2. The molecule has 7 rings (SSSR count). The molecule has 135 heavy (non-hydrogen) atoms. The fourth-order valence-corrected chi connectivity index (χ4v) is 16.4. The zero-order chi connectivity index (χ0) is 98.6. The number of methoxy groups -OCH3 is 1. The van der Waals surface area contributed by atoms with Gasteiger partial charge in [-0.3, -0.25) is 66.9 Å². The molecule has 7 amide bonds. The van der Waals surface area contributed by atoms with Gasteiger partial charge < -0.3 is 115 Å². The number of unbranched alkanes of at least 4 members (excludes halogenated alkanes) is 1. The van der Waals surface area contributed by atoms with Crippen molar-refractivity contribution >= 4 is 107 Å². The number of carbonyl (C=O) groups is 13. The van der Waals surface area contributed by atoms with E-state index in [9.17, 15) is 81.8 Å². The monoisotopic (exact) mass is 1920 g/mol. The van der Waals surface area contributed by atoms with Gasteiger partial charge in [-0.05, 0) is 134 Å². The predicted octanol–water partition coefficient (Wildman–Crippen LogP) is 5.06. The van der Waals surface area contributed by atoms with Gasteiger partial charge in [0.15, 0.2) is 40.5 Å². The number of aliphatic hydroxyl groups is 1. The topological polar surface area (TPSA) is 557 Å². The third-order valence-electron chi connectivity index (χ3n) is 22.8. The molecule has 2 aromatic carbocycles. The van der Waals surface area contributed by atoms with Crippen molar-refractivity contribution in [3.05, 3.63) is 84.1 Å². The zero-order valence-corrected chi connectivity index (χ0v) is 80.3. The van der Waals surface area contributed by atoms with Crippen LogP contribution in [0.1, 0.15) is 191 Å². The van der Waals surface area contributed by atoms with Crippen molar-refractivity contribution in [2.45, 2.75) is 231 Å². The van der Waals surface area contributed by atoms with Crippen LogP contribution < -0.4 is 52.6 Å². The molecule has 3 aliphatic rings. The Hall–Kier alpha value is -9.85. The average molecular weight is 1920 g/mol. The quantitative estimate of drug-likeness (QED) is 0.0204. The minimum Gasteiger partial charge on any atom is -0.495 e. The summed E-state index contributed by atoms with van der Waals surface area (Å²) < 4.78 is 67.9. The fraction of sp³-hybridized carbons (Fsp3) is 0.656. The van der Waals surface area contributed by atoms with E-state index in [2.05, 4.69) is 51.7 Å². The first-order chi connectivity index (χ1) is 64.9. The molecule has 4 heterocycles. The second-order valence-corrected chi connectivity index (χ2v) is 35.0. The number of aryl methyl sites for hydroxylation is 2. The summed E-state index contributed by atoms with van der Waals surface area (Å²) in [4.78, 5) is 209. The van der Waals surface area contributed by atoms with Crippen molar-refractivity contribution in [2.75, 3.05) is 162 Å². The lowest BCUT2D eigenvalue weighted by atomic mass is 9.88. The molecule has 1 saturated heterocycles. The Balaban J connectivity index is 0.0000139. The molecule has 8 atom stereocenters. The van der Waals surface area contributed by atoms with Crippen molar-refractivity contribution in [2.24, 2.45) is 29.2 Å². The molecule has 0 radical (unpaired) electrons. The number of nitrogens with zero attached hydrogens (tertiary/aromatic N) is 7. The Morgan fingerprint density at radius 1 is 0.652 bits per heavy atom. The van der Waals surface area contributed by atoms with Gasteiger partial charge in [-0.25, -0.2) is 14.5 Å². The lowest BCUT2D eigenvalue weighted by Gasteiger charge is -2.43. The number of likely N-dealkylation sites (tertiary alicyclic amines) is 1. The van der Waals surface area contributed by atoms with Crippen LogP contribution in [0.3, 0.4) is 0 Å². The van der Waals surface area contributed by atoms with Crippen LogP contribution in [0.5, 0.6) is 5.75 Å². The molecule has 41 nitrogen and oxygen atoms in total. The Bertz CT molecular complexity index is 4420. The van der Waals surface area contributed by atoms with E-state index in [4.69, 9.17) is 53.3 Å². The molecule has 752 valence electrons. The normalized spacial score (nSPS) is 15.7. The maximum absolute atomic E-state index is 14.4. The number of ketones is 6. The summed E-state index contributed by atoms with van der Waals surface area (Å²) in [7, 11) is -0.389.